The molecule has 1 heterocycles. The first-order valence-electron chi connectivity index (χ1n) is 9.36. The van der Waals surface area contributed by atoms with Crippen LogP contribution in [0.25, 0.3) is 0 Å². The molecule has 0 aliphatic heterocycles. The first kappa shape index (κ1) is 16.0. The second-order valence-electron chi connectivity index (χ2n) is 7.70. The molecule has 5 nitrogen and oxygen atoms in total. The highest BCUT2D eigenvalue weighted by atomic mass is 16.5. The van der Waals surface area contributed by atoms with Crippen LogP contribution in [0, 0.1) is 23.7 Å². The Morgan fingerprint density at radius 1 is 1.25 bits per heavy atom. The number of aromatic nitrogens is 2. The second-order valence-corrected chi connectivity index (χ2v) is 7.70. The van der Waals surface area contributed by atoms with Crippen LogP contribution in [0.4, 0.5) is 0 Å². The molecule has 130 valence electrons. The predicted octanol–water partition coefficient (Wildman–Crippen LogP) is 2.78. The van der Waals surface area contributed by atoms with Crippen LogP contribution in [0.2, 0.25) is 0 Å². The Bertz CT molecular complexity index is 579. The van der Waals surface area contributed by atoms with Crippen LogP contribution in [-0.4, -0.2) is 47.3 Å². The Morgan fingerprint density at radius 3 is 2.92 bits per heavy atom. The molecule has 1 aromatic heterocycles. The third-order valence-corrected chi connectivity index (χ3v) is 6.63. The van der Waals surface area contributed by atoms with Crippen molar-refractivity contribution in [1.82, 2.24) is 15.1 Å². The van der Waals surface area contributed by atoms with Gasteiger partial charge in [0, 0.05) is 26.3 Å². The average molecular weight is 329 g/mol. The molecule has 0 radical (unpaired) electrons. The molecule has 2 bridgehead atoms. The molecule has 3 aliphatic rings. The zero-order valence-electron chi connectivity index (χ0n) is 14.4. The number of nitrogens with zero attached hydrogens (tertiary/aromatic N) is 3. The molecule has 1 amide bonds. The van der Waals surface area contributed by atoms with Gasteiger partial charge < -0.3 is 9.64 Å². The van der Waals surface area contributed by atoms with E-state index in [-0.39, 0.29) is 5.91 Å². The summed E-state index contributed by atoms with van der Waals surface area (Å²) >= 11 is 0. The van der Waals surface area contributed by atoms with Gasteiger partial charge in [0.05, 0.1) is 18.0 Å². The van der Waals surface area contributed by atoms with Crippen molar-refractivity contribution in [2.45, 2.75) is 44.6 Å². The summed E-state index contributed by atoms with van der Waals surface area (Å²) in [5.74, 6) is 3.49. The van der Waals surface area contributed by atoms with E-state index in [4.69, 9.17) is 4.74 Å². The van der Waals surface area contributed by atoms with Gasteiger partial charge in [0.1, 0.15) is 0 Å². The SMILES string of the molecule is COCCCN(C(=O)c1ccnnc1)[C@@H]1C[C@H]2C[C@H]1[C@H]1CCC[C@@H]21. The summed E-state index contributed by atoms with van der Waals surface area (Å²) in [6.45, 7) is 1.48. The lowest BCUT2D eigenvalue weighted by molar-refractivity contribution is 0.0493. The molecule has 1 aromatic rings. The number of carbonyl (C=O) groups is 1. The zero-order valence-corrected chi connectivity index (χ0v) is 14.4. The number of hydrogen-bond acceptors (Lipinski definition) is 4. The topological polar surface area (TPSA) is 55.3 Å². The molecule has 0 saturated heterocycles. The molecule has 3 fully saturated rings. The van der Waals surface area contributed by atoms with Crippen molar-refractivity contribution >= 4 is 5.91 Å². The standard InChI is InChI=1S/C19H27N3O2/c1-24-9-3-8-22(19(23)13-6-7-20-21-12-13)18-11-14-10-17(18)16-5-2-4-15(14)16/h6-7,12,14-18H,2-5,8-11H2,1H3/t14-,15+,16+,17+,18-/m1/s1. The Hall–Kier alpha value is -1.49. The Labute approximate surface area is 143 Å². The van der Waals surface area contributed by atoms with E-state index < -0.39 is 0 Å². The maximum Gasteiger partial charge on any atom is 0.255 e. The van der Waals surface area contributed by atoms with E-state index in [1.807, 2.05) is 0 Å². The average Bonchev–Trinajstić information content (AvgIpc) is 3.31. The van der Waals surface area contributed by atoms with E-state index in [9.17, 15) is 4.79 Å². The maximum atomic E-state index is 13.1. The van der Waals surface area contributed by atoms with Crippen molar-refractivity contribution in [3.63, 3.8) is 0 Å². The largest absolute Gasteiger partial charge is 0.385 e. The van der Waals surface area contributed by atoms with E-state index >= 15 is 0 Å². The van der Waals surface area contributed by atoms with Crippen LogP contribution >= 0.6 is 0 Å². The minimum atomic E-state index is 0.119. The smallest absolute Gasteiger partial charge is 0.255 e. The molecule has 0 unspecified atom stereocenters. The molecule has 4 rings (SSSR count). The molecule has 3 saturated carbocycles. The van der Waals surface area contributed by atoms with Gasteiger partial charge in [-0.1, -0.05) is 6.42 Å². The van der Waals surface area contributed by atoms with Crippen molar-refractivity contribution in [3.05, 3.63) is 24.0 Å². The molecular weight excluding hydrogens is 302 g/mol. The maximum absolute atomic E-state index is 13.1. The number of ether oxygens (including phenoxy) is 1. The van der Waals surface area contributed by atoms with Gasteiger partial charge in [-0.05, 0) is 61.8 Å². The third-order valence-electron chi connectivity index (χ3n) is 6.63. The van der Waals surface area contributed by atoms with E-state index in [0.717, 1.165) is 30.7 Å². The molecule has 0 aromatic carbocycles. The summed E-state index contributed by atoms with van der Waals surface area (Å²) in [6.07, 6.45) is 10.8. The Kier molecular flexibility index (Phi) is 4.53. The van der Waals surface area contributed by atoms with E-state index in [2.05, 4.69) is 15.1 Å². The minimum absolute atomic E-state index is 0.119. The number of hydrogen-bond donors (Lipinski definition) is 0. The van der Waals surface area contributed by atoms with Crippen molar-refractivity contribution in [2.75, 3.05) is 20.3 Å². The van der Waals surface area contributed by atoms with Crippen LogP contribution < -0.4 is 0 Å². The monoisotopic (exact) mass is 329 g/mol. The fourth-order valence-corrected chi connectivity index (χ4v) is 5.77. The quantitative estimate of drug-likeness (QED) is 0.753. The molecule has 3 aliphatic carbocycles. The van der Waals surface area contributed by atoms with Crippen LogP contribution in [0.5, 0.6) is 0 Å². The minimum Gasteiger partial charge on any atom is -0.385 e. The van der Waals surface area contributed by atoms with Gasteiger partial charge in [0.15, 0.2) is 0 Å². The fraction of sp³-hybridized carbons (Fsp3) is 0.737. The highest BCUT2D eigenvalue weighted by Crippen LogP contribution is 2.59. The first-order valence-corrected chi connectivity index (χ1v) is 9.36. The van der Waals surface area contributed by atoms with Gasteiger partial charge in [0.25, 0.3) is 5.91 Å². The fourth-order valence-electron chi connectivity index (χ4n) is 5.77. The van der Waals surface area contributed by atoms with Gasteiger partial charge in [-0.25, -0.2) is 0 Å². The van der Waals surface area contributed by atoms with Crippen LogP contribution in [0.15, 0.2) is 18.5 Å². The van der Waals surface area contributed by atoms with Crippen molar-refractivity contribution in [1.29, 1.82) is 0 Å². The molecule has 24 heavy (non-hydrogen) atoms. The summed E-state index contributed by atoms with van der Waals surface area (Å²) in [6, 6.07) is 2.19. The number of rotatable bonds is 6. The number of amides is 1. The zero-order chi connectivity index (χ0) is 16.5. The molecule has 5 atom stereocenters. The number of methoxy groups -OCH3 is 1. The van der Waals surface area contributed by atoms with Crippen molar-refractivity contribution in [2.24, 2.45) is 23.7 Å². The summed E-state index contributed by atoms with van der Waals surface area (Å²) in [4.78, 5) is 15.2. The Balaban J connectivity index is 1.53. The Morgan fingerprint density at radius 2 is 2.12 bits per heavy atom. The lowest BCUT2D eigenvalue weighted by Gasteiger charge is -2.39. The summed E-state index contributed by atoms with van der Waals surface area (Å²) in [7, 11) is 1.72. The number of fused-ring (bicyclic) bond motifs is 5. The second kappa shape index (κ2) is 6.79. The van der Waals surface area contributed by atoms with E-state index in [0.29, 0.717) is 24.1 Å². The molecule has 0 spiro atoms. The molecule has 0 N–H and O–H groups in total. The summed E-state index contributed by atoms with van der Waals surface area (Å²) in [5.41, 5.74) is 0.660. The lowest BCUT2D eigenvalue weighted by atomic mass is 9.78. The van der Waals surface area contributed by atoms with Crippen LogP contribution in [-0.2, 0) is 4.74 Å². The van der Waals surface area contributed by atoms with Gasteiger partial charge in [-0.3, -0.25) is 4.79 Å². The van der Waals surface area contributed by atoms with Gasteiger partial charge in [-0.15, -0.1) is 0 Å². The highest BCUT2D eigenvalue weighted by Gasteiger charge is 2.55. The summed E-state index contributed by atoms with van der Waals surface area (Å²) < 4.78 is 5.21. The van der Waals surface area contributed by atoms with Gasteiger partial charge in [0.2, 0.25) is 0 Å². The van der Waals surface area contributed by atoms with Gasteiger partial charge in [-0.2, -0.15) is 10.2 Å². The summed E-state index contributed by atoms with van der Waals surface area (Å²) in [5, 5.41) is 7.69. The van der Waals surface area contributed by atoms with E-state index in [1.165, 1.54) is 32.1 Å². The van der Waals surface area contributed by atoms with Gasteiger partial charge >= 0.3 is 0 Å². The van der Waals surface area contributed by atoms with Crippen LogP contribution in [0.1, 0.15) is 48.9 Å². The van der Waals surface area contributed by atoms with E-state index in [1.54, 1.807) is 25.6 Å². The normalized spacial score (nSPS) is 33.6. The first-order chi connectivity index (χ1) is 11.8. The van der Waals surface area contributed by atoms with Crippen molar-refractivity contribution in [3.8, 4) is 0 Å². The predicted molar refractivity (Wildman–Crippen MR) is 90.4 cm³/mol. The number of carbonyl (C=O) groups excluding carboxylic acids is 1. The third kappa shape index (κ3) is 2.73. The molecule has 5 heteroatoms. The molecular formula is C19H27N3O2. The lowest BCUT2D eigenvalue weighted by Crippen LogP contribution is -2.47. The highest BCUT2D eigenvalue weighted by molar-refractivity contribution is 5.94. The van der Waals surface area contributed by atoms with Crippen LogP contribution in [0.3, 0.4) is 0 Å². The van der Waals surface area contributed by atoms with Crippen molar-refractivity contribution < 1.29 is 9.53 Å².